The molecule has 2 rings (SSSR count). The molecule has 0 aromatic carbocycles. The Morgan fingerprint density at radius 1 is 1.43 bits per heavy atom. The van der Waals surface area contributed by atoms with Crippen molar-refractivity contribution in [1.82, 2.24) is 0 Å². The summed E-state index contributed by atoms with van der Waals surface area (Å²) in [5, 5.41) is 22.2. The van der Waals surface area contributed by atoms with Crippen LogP contribution < -0.4 is 0 Å². The molecule has 2 N–H and O–H groups in total. The number of aliphatic hydroxyl groups is 2. The van der Waals surface area contributed by atoms with Crippen molar-refractivity contribution >= 4 is 27.3 Å². The second kappa shape index (κ2) is 3.93. The van der Waals surface area contributed by atoms with Crippen molar-refractivity contribution < 1.29 is 10.2 Å². The van der Waals surface area contributed by atoms with Gasteiger partial charge in [0.2, 0.25) is 0 Å². The molecule has 1 fully saturated rings. The largest absolute Gasteiger partial charge is 0.387 e. The summed E-state index contributed by atoms with van der Waals surface area (Å²) < 4.78 is 0.898. The second-order valence-electron chi connectivity index (χ2n) is 3.85. The van der Waals surface area contributed by atoms with E-state index in [4.69, 9.17) is 0 Å². The van der Waals surface area contributed by atoms with Gasteiger partial charge in [-0.25, -0.2) is 0 Å². The van der Waals surface area contributed by atoms with Gasteiger partial charge < -0.3 is 10.2 Å². The summed E-state index contributed by atoms with van der Waals surface area (Å²) in [5.74, 6) is 0. The number of halogens is 1. The number of thiophene rings is 1. The van der Waals surface area contributed by atoms with E-state index in [0.717, 1.165) is 22.2 Å². The van der Waals surface area contributed by atoms with Crippen molar-refractivity contribution in [2.75, 3.05) is 0 Å². The van der Waals surface area contributed by atoms with Crippen molar-refractivity contribution in [2.45, 2.75) is 37.4 Å². The highest BCUT2D eigenvalue weighted by molar-refractivity contribution is 9.10. The Labute approximate surface area is 95.7 Å². The van der Waals surface area contributed by atoms with Gasteiger partial charge in [0.25, 0.3) is 0 Å². The first-order chi connectivity index (χ1) is 6.63. The smallest absolute Gasteiger partial charge is 0.118 e. The van der Waals surface area contributed by atoms with E-state index in [1.165, 1.54) is 11.3 Å². The summed E-state index contributed by atoms with van der Waals surface area (Å²) in [6.45, 7) is 0. The Kier molecular flexibility index (Phi) is 2.98. The van der Waals surface area contributed by atoms with Gasteiger partial charge in [0.1, 0.15) is 6.10 Å². The van der Waals surface area contributed by atoms with E-state index in [1.54, 1.807) is 0 Å². The van der Waals surface area contributed by atoms with Gasteiger partial charge in [-0.2, -0.15) is 0 Å². The minimum absolute atomic E-state index is 0.707. The minimum atomic E-state index is -0.895. The van der Waals surface area contributed by atoms with Crippen molar-refractivity contribution in [1.29, 1.82) is 0 Å². The minimum Gasteiger partial charge on any atom is -0.387 e. The van der Waals surface area contributed by atoms with E-state index in [0.29, 0.717) is 12.8 Å². The van der Waals surface area contributed by atoms with Gasteiger partial charge in [-0.05, 0) is 40.2 Å². The number of aliphatic hydroxyl groups excluding tert-OH is 1. The predicted octanol–water partition coefficient (Wildman–Crippen LogP) is 2.85. The average Bonchev–Trinajstić information content (AvgIpc) is 2.74. The molecule has 1 atom stereocenters. The molecule has 1 unspecified atom stereocenters. The topological polar surface area (TPSA) is 40.5 Å². The molecule has 1 aromatic heterocycles. The van der Waals surface area contributed by atoms with Crippen LogP contribution >= 0.6 is 27.3 Å². The van der Waals surface area contributed by atoms with E-state index in [9.17, 15) is 10.2 Å². The third kappa shape index (κ3) is 1.76. The fourth-order valence-corrected chi connectivity index (χ4v) is 3.69. The van der Waals surface area contributed by atoms with Crippen molar-refractivity contribution in [3.63, 3.8) is 0 Å². The van der Waals surface area contributed by atoms with Crippen LogP contribution in [0.4, 0.5) is 0 Å². The zero-order chi connectivity index (χ0) is 10.2. The van der Waals surface area contributed by atoms with Gasteiger partial charge in [0, 0.05) is 4.47 Å². The number of hydrogen-bond acceptors (Lipinski definition) is 3. The summed E-state index contributed by atoms with van der Waals surface area (Å²) in [6.07, 6.45) is 2.70. The van der Waals surface area contributed by atoms with Crippen LogP contribution in [0.3, 0.4) is 0 Å². The van der Waals surface area contributed by atoms with Crippen LogP contribution in [-0.2, 0) is 0 Å². The van der Waals surface area contributed by atoms with E-state index in [2.05, 4.69) is 15.9 Å². The standard InChI is InChI=1S/C10H13BrO2S/c11-7-3-6-14-8(7)9(12)10(13)4-1-2-5-10/h3,6,9,12-13H,1-2,4-5H2. The molecular formula is C10H13BrO2S. The van der Waals surface area contributed by atoms with Gasteiger partial charge in [-0.1, -0.05) is 12.8 Å². The Bertz CT molecular complexity index is 318. The Hall–Kier alpha value is 0.1000. The quantitative estimate of drug-likeness (QED) is 0.872. The molecule has 1 saturated carbocycles. The molecule has 0 spiro atoms. The first kappa shape index (κ1) is 10.6. The first-order valence-electron chi connectivity index (χ1n) is 4.77. The average molecular weight is 277 g/mol. The van der Waals surface area contributed by atoms with Gasteiger partial charge in [0.15, 0.2) is 0 Å². The maximum atomic E-state index is 10.2. The lowest BCUT2D eigenvalue weighted by Gasteiger charge is -2.27. The molecule has 1 aliphatic rings. The van der Waals surface area contributed by atoms with Crippen LogP contribution in [0.2, 0.25) is 0 Å². The van der Waals surface area contributed by atoms with Crippen molar-refractivity contribution in [2.24, 2.45) is 0 Å². The van der Waals surface area contributed by atoms with Gasteiger partial charge in [0.05, 0.1) is 10.5 Å². The highest BCUT2D eigenvalue weighted by Crippen LogP contribution is 2.43. The normalized spacial score (nSPS) is 22.5. The summed E-state index contributed by atoms with van der Waals surface area (Å²) in [4.78, 5) is 0.842. The molecule has 14 heavy (non-hydrogen) atoms. The maximum Gasteiger partial charge on any atom is 0.118 e. The lowest BCUT2D eigenvalue weighted by atomic mass is 9.94. The number of rotatable bonds is 2. The van der Waals surface area contributed by atoms with E-state index >= 15 is 0 Å². The van der Waals surface area contributed by atoms with E-state index < -0.39 is 11.7 Å². The molecular weight excluding hydrogens is 264 g/mol. The summed E-state index contributed by atoms with van der Waals surface area (Å²) >= 11 is 4.86. The fraction of sp³-hybridized carbons (Fsp3) is 0.600. The zero-order valence-corrected chi connectivity index (χ0v) is 10.1. The first-order valence-corrected chi connectivity index (χ1v) is 6.44. The molecule has 0 aliphatic heterocycles. The van der Waals surface area contributed by atoms with Gasteiger partial charge >= 0.3 is 0 Å². The number of hydrogen-bond donors (Lipinski definition) is 2. The van der Waals surface area contributed by atoms with E-state index in [1.807, 2.05) is 11.4 Å². The molecule has 0 saturated heterocycles. The van der Waals surface area contributed by atoms with Crippen molar-refractivity contribution in [3.8, 4) is 0 Å². The zero-order valence-electron chi connectivity index (χ0n) is 7.74. The fourth-order valence-electron chi connectivity index (χ4n) is 2.01. The third-order valence-electron chi connectivity index (χ3n) is 2.87. The summed E-state index contributed by atoms with van der Waals surface area (Å²) in [6, 6.07) is 1.90. The van der Waals surface area contributed by atoms with Crippen LogP contribution in [-0.4, -0.2) is 15.8 Å². The molecule has 0 bridgehead atoms. The SMILES string of the molecule is OC(c1sccc1Br)C1(O)CCCC1. The maximum absolute atomic E-state index is 10.2. The monoisotopic (exact) mass is 276 g/mol. The molecule has 0 amide bonds. The highest BCUT2D eigenvalue weighted by Gasteiger charge is 2.40. The van der Waals surface area contributed by atoms with E-state index in [-0.39, 0.29) is 0 Å². The highest BCUT2D eigenvalue weighted by atomic mass is 79.9. The van der Waals surface area contributed by atoms with Crippen LogP contribution in [0.5, 0.6) is 0 Å². The molecule has 1 aromatic rings. The third-order valence-corrected chi connectivity index (χ3v) is 4.79. The molecule has 2 nitrogen and oxygen atoms in total. The van der Waals surface area contributed by atoms with Crippen LogP contribution in [0, 0.1) is 0 Å². The molecule has 0 radical (unpaired) electrons. The van der Waals surface area contributed by atoms with Crippen LogP contribution in [0.1, 0.15) is 36.7 Å². The lowest BCUT2D eigenvalue weighted by molar-refractivity contribution is -0.0705. The molecule has 78 valence electrons. The molecule has 1 heterocycles. The Balaban J connectivity index is 2.23. The Morgan fingerprint density at radius 3 is 2.57 bits per heavy atom. The van der Waals surface area contributed by atoms with Crippen molar-refractivity contribution in [3.05, 3.63) is 20.8 Å². The Morgan fingerprint density at radius 2 is 2.07 bits per heavy atom. The molecule has 1 aliphatic carbocycles. The summed E-state index contributed by atoms with van der Waals surface area (Å²) in [7, 11) is 0. The van der Waals surface area contributed by atoms with Gasteiger partial charge in [-0.3, -0.25) is 0 Å². The van der Waals surface area contributed by atoms with Crippen LogP contribution in [0.15, 0.2) is 15.9 Å². The van der Waals surface area contributed by atoms with Gasteiger partial charge in [-0.15, -0.1) is 11.3 Å². The second-order valence-corrected chi connectivity index (χ2v) is 5.65. The predicted molar refractivity (Wildman–Crippen MR) is 60.4 cm³/mol. The summed E-state index contributed by atoms with van der Waals surface area (Å²) in [5.41, 5.74) is -0.895. The molecule has 4 heteroatoms. The van der Waals surface area contributed by atoms with Crippen LogP contribution in [0.25, 0.3) is 0 Å². The lowest BCUT2D eigenvalue weighted by Crippen LogP contribution is -2.32.